The zero-order valence-electron chi connectivity index (χ0n) is 12.8. The topological polar surface area (TPSA) is 52.6 Å². The van der Waals surface area contributed by atoms with Gasteiger partial charge in [0.1, 0.15) is 0 Å². The second-order valence-corrected chi connectivity index (χ2v) is 6.53. The van der Waals surface area contributed by atoms with E-state index in [1.165, 1.54) is 25.7 Å². The van der Waals surface area contributed by atoms with Crippen LogP contribution in [0.4, 0.5) is 0 Å². The molecule has 20 heavy (non-hydrogen) atoms. The van der Waals surface area contributed by atoms with E-state index >= 15 is 0 Å². The van der Waals surface area contributed by atoms with Gasteiger partial charge in [0.25, 0.3) is 0 Å². The number of aliphatic hydroxyl groups excluding tert-OH is 1. The number of rotatable bonds is 4. The van der Waals surface area contributed by atoms with E-state index in [-0.39, 0.29) is 11.9 Å². The highest BCUT2D eigenvalue weighted by atomic mass is 16.3. The fraction of sp³-hybridized carbons (Fsp3) is 0.938. The number of aliphatic hydroxyl groups is 1. The fourth-order valence-electron chi connectivity index (χ4n) is 3.46. The lowest BCUT2D eigenvalue weighted by Gasteiger charge is -2.31. The minimum Gasteiger partial charge on any atom is -0.396 e. The van der Waals surface area contributed by atoms with Crippen molar-refractivity contribution in [3.8, 4) is 0 Å². The maximum atomic E-state index is 12.4. The fourth-order valence-corrected chi connectivity index (χ4v) is 3.46. The summed E-state index contributed by atoms with van der Waals surface area (Å²) in [5.74, 6) is 0.644. The van der Waals surface area contributed by atoms with E-state index in [9.17, 15) is 4.79 Å². The predicted molar refractivity (Wildman–Crippen MR) is 80.5 cm³/mol. The molecule has 0 aromatic heterocycles. The van der Waals surface area contributed by atoms with Crippen molar-refractivity contribution < 1.29 is 9.90 Å². The average molecular weight is 282 g/mol. The summed E-state index contributed by atoms with van der Waals surface area (Å²) in [4.78, 5) is 14.7. The van der Waals surface area contributed by atoms with Crippen molar-refractivity contribution in [2.75, 3.05) is 19.7 Å². The molecule has 1 saturated carbocycles. The first-order valence-corrected chi connectivity index (χ1v) is 8.36. The SMILES string of the molecule is CC(C(=O)NC1CCC(CO)CC1)N1CCCCCC1. The molecule has 0 aromatic carbocycles. The van der Waals surface area contributed by atoms with E-state index in [4.69, 9.17) is 5.11 Å². The van der Waals surface area contributed by atoms with Crippen molar-refractivity contribution in [3.63, 3.8) is 0 Å². The Balaban J connectivity index is 1.76. The molecule has 1 saturated heterocycles. The van der Waals surface area contributed by atoms with Crippen LogP contribution in [0.15, 0.2) is 0 Å². The number of carbonyl (C=O) groups excluding carboxylic acids is 1. The first kappa shape index (κ1) is 15.8. The molecule has 2 rings (SSSR count). The largest absolute Gasteiger partial charge is 0.396 e. The van der Waals surface area contributed by atoms with Crippen molar-refractivity contribution in [3.05, 3.63) is 0 Å². The molecule has 1 aliphatic heterocycles. The molecule has 116 valence electrons. The van der Waals surface area contributed by atoms with Crippen LogP contribution in [0.5, 0.6) is 0 Å². The molecule has 1 unspecified atom stereocenters. The number of carbonyl (C=O) groups is 1. The summed E-state index contributed by atoms with van der Waals surface area (Å²) in [6.45, 7) is 4.46. The summed E-state index contributed by atoms with van der Waals surface area (Å²) < 4.78 is 0. The van der Waals surface area contributed by atoms with Gasteiger partial charge in [-0.25, -0.2) is 0 Å². The third kappa shape index (κ3) is 4.45. The molecule has 4 nitrogen and oxygen atoms in total. The van der Waals surface area contributed by atoms with Crippen molar-refractivity contribution in [1.29, 1.82) is 0 Å². The molecule has 2 fully saturated rings. The highest BCUT2D eigenvalue weighted by molar-refractivity contribution is 5.81. The van der Waals surface area contributed by atoms with Crippen molar-refractivity contribution in [1.82, 2.24) is 10.2 Å². The number of hydrogen-bond acceptors (Lipinski definition) is 3. The quantitative estimate of drug-likeness (QED) is 0.828. The third-order valence-corrected chi connectivity index (χ3v) is 5.02. The molecule has 0 spiro atoms. The minimum absolute atomic E-state index is 0.00339. The summed E-state index contributed by atoms with van der Waals surface area (Å²) in [6.07, 6.45) is 9.16. The molecular weight excluding hydrogens is 252 g/mol. The van der Waals surface area contributed by atoms with Crippen LogP contribution in [0.2, 0.25) is 0 Å². The lowest BCUT2D eigenvalue weighted by molar-refractivity contribution is -0.126. The Morgan fingerprint density at radius 1 is 1.15 bits per heavy atom. The molecule has 1 heterocycles. The van der Waals surface area contributed by atoms with Crippen LogP contribution in [0, 0.1) is 5.92 Å². The number of likely N-dealkylation sites (tertiary alicyclic amines) is 1. The van der Waals surface area contributed by atoms with Gasteiger partial charge in [0.2, 0.25) is 5.91 Å². The zero-order valence-corrected chi connectivity index (χ0v) is 12.8. The Morgan fingerprint density at radius 2 is 1.75 bits per heavy atom. The Bertz CT molecular complexity index is 293. The van der Waals surface area contributed by atoms with Crippen molar-refractivity contribution in [2.24, 2.45) is 5.92 Å². The molecule has 0 radical (unpaired) electrons. The molecule has 2 aliphatic rings. The van der Waals surface area contributed by atoms with Gasteiger partial charge in [-0.05, 0) is 64.5 Å². The van der Waals surface area contributed by atoms with Gasteiger partial charge < -0.3 is 10.4 Å². The second-order valence-electron chi connectivity index (χ2n) is 6.53. The third-order valence-electron chi connectivity index (χ3n) is 5.02. The summed E-state index contributed by atoms with van der Waals surface area (Å²) in [7, 11) is 0. The molecular formula is C16H30N2O2. The number of nitrogens with zero attached hydrogens (tertiary/aromatic N) is 1. The summed E-state index contributed by atoms with van der Waals surface area (Å²) >= 11 is 0. The van der Waals surface area contributed by atoms with Gasteiger partial charge in [-0.1, -0.05) is 12.8 Å². The summed E-state index contributed by atoms with van der Waals surface area (Å²) in [6, 6.07) is 0.323. The molecule has 4 heteroatoms. The molecule has 0 aromatic rings. The van der Waals surface area contributed by atoms with E-state index in [0.717, 1.165) is 38.8 Å². The van der Waals surface area contributed by atoms with Crippen LogP contribution < -0.4 is 5.32 Å². The van der Waals surface area contributed by atoms with Crippen molar-refractivity contribution in [2.45, 2.75) is 70.4 Å². The van der Waals surface area contributed by atoms with Crippen LogP contribution in [0.25, 0.3) is 0 Å². The first-order chi connectivity index (χ1) is 9.70. The molecule has 2 N–H and O–H groups in total. The smallest absolute Gasteiger partial charge is 0.237 e. The molecule has 0 bridgehead atoms. The van der Waals surface area contributed by atoms with E-state index in [1.54, 1.807) is 0 Å². The number of amides is 1. The average Bonchev–Trinajstić information content (AvgIpc) is 2.76. The van der Waals surface area contributed by atoms with Crippen LogP contribution >= 0.6 is 0 Å². The van der Waals surface area contributed by atoms with Gasteiger partial charge in [-0.2, -0.15) is 0 Å². The Morgan fingerprint density at radius 3 is 2.30 bits per heavy atom. The van der Waals surface area contributed by atoms with Gasteiger partial charge in [-0.15, -0.1) is 0 Å². The second kappa shape index (κ2) is 7.99. The zero-order chi connectivity index (χ0) is 14.4. The monoisotopic (exact) mass is 282 g/mol. The first-order valence-electron chi connectivity index (χ1n) is 8.36. The van der Waals surface area contributed by atoms with Gasteiger partial charge >= 0.3 is 0 Å². The normalized spacial score (nSPS) is 30.5. The molecule has 1 aliphatic carbocycles. The Labute approximate surface area is 122 Å². The van der Waals surface area contributed by atoms with Crippen LogP contribution in [0.1, 0.15) is 58.3 Å². The summed E-state index contributed by atoms with van der Waals surface area (Å²) in [5, 5.41) is 12.4. The number of hydrogen-bond donors (Lipinski definition) is 2. The highest BCUT2D eigenvalue weighted by Gasteiger charge is 2.26. The highest BCUT2D eigenvalue weighted by Crippen LogP contribution is 2.24. The van der Waals surface area contributed by atoms with Crippen LogP contribution in [-0.2, 0) is 4.79 Å². The molecule has 1 amide bonds. The van der Waals surface area contributed by atoms with E-state index in [2.05, 4.69) is 10.2 Å². The van der Waals surface area contributed by atoms with Crippen molar-refractivity contribution >= 4 is 5.91 Å². The van der Waals surface area contributed by atoms with Gasteiger partial charge in [-0.3, -0.25) is 9.69 Å². The van der Waals surface area contributed by atoms with E-state index in [0.29, 0.717) is 18.6 Å². The van der Waals surface area contributed by atoms with Crippen LogP contribution in [0.3, 0.4) is 0 Å². The van der Waals surface area contributed by atoms with Crippen LogP contribution in [-0.4, -0.2) is 47.7 Å². The maximum Gasteiger partial charge on any atom is 0.237 e. The van der Waals surface area contributed by atoms with Gasteiger partial charge in [0.15, 0.2) is 0 Å². The Hall–Kier alpha value is -0.610. The standard InChI is InChI=1S/C16H30N2O2/c1-13(18-10-4-2-3-5-11-18)16(20)17-15-8-6-14(12-19)7-9-15/h13-15,19H,2-12H2,1H3,(H,17,20). The van der Waals surface area contributed by atoms with E-state index in [1.807, 2.05) is 6.92 Å². The maximum absolute atomic E-state index is 12.4. The lowest BCUT2D eigenvalue weighted by atomic mass is 9.86. The lowest BCUT2D eigenvalue weighted by Crippen LogP contribution is -2.49. The number of nitrogens with one attached hydrogen (secondary N) is 1. The molecule has 1 atom stereocenters. The Kier molecular flexibility index (Phi) is 6.30. The van der Waals surface area contributed by atoms with Gasteiger partial charge in [0, 0.05) is 12.6 Å². The van der Waals surface area contributed by atoms with Gasteiger partial charge in [0.05, 0.1) is 6.04 Å². The predicted octanol–water partition coefficient (Wildman–Crippen LogP) is 1.92. The minimum atomic E-state index is 0.00339. The summed E-state index contributed by atoms with van der Waals surface area (Å²) in [5.41, 5.74) is 0. The van der Waals surface area contributed by atoms with E-state index < -0.39 is 0 Å².